The molecule has 0 amide bonds. The number of carbonyl (C=O) groups excluding carboxylic acids is 3. The van der Waals surface area contributed by atoms with E-state index in [4.69, 9.17) is 9.47 Å². The monoisotopic (exact) mass is 265 g/mol. The summed E-state index contributed by atoms with van der Waals surface area (Å²) in [5.74, 6) is -1.29. The lowest BCUT2D eigenvalue weighted by atomic mass is 10.2. The Balaban J connectivity index is 2.12. The molecule has 1 saturated heterocycles. The summed E-state index contributed by atoms with van der Waals surface area (Å²) in [7, 11) is 1.64. The van der Waals surface area contributed by atoms with Gasteiger partial charge in [-0.25, -0.2) is 9.59 Å². The Kier molecular flexibility index (Phi) is 3.42. The zero-order valence-electron chi connectivity index (χ0n) is 11.0. The van der Waals surface area contributed by atoms with Crippen LogP contribution in [0.15, 0.2) is 12.3 Å². The highest BCUT2D eigenvalue weighted by molar-refractivity contribution is 5.98. The molecule has 2 rings (SSSR count). The molecule has 0 aliphatic carbocycles. The number of aryl methyl sites for hydroxylation is 1. The molecule has 2 atom stereocenters. The maximum atomic E-state index is 11.9. The fourth-order valence-corrected chi connectivity index (χ4v) is 1.97. The fourth-order valence-electron chi connectivity index (χ4n) is 1.97. The predicted octanol–water partition coefficient (Wildman–Crippen LogP) is 1.09. The van der Waals surface area contributed by atoms with Gasteiger partial charge in [-0.15, -0.1) is 0 Å². The second-order valence-electron chi connectivity index (χ2n) is 4.66. The first-order chi connectivity index (χ1) is 8.88. The normalized spacial score (nSPS) is 22.2. The van der Waals surface area contributed by atoms with Gasteiger partial charge in [-0.2, -0.15) is 0 Å². The lowest BCUT2D eigenvalue weighted by Crippen LogP contribution is -2.23. The molecule has 1 aromatic heterocycles. The Morgan fingerprint density at radius 1 is 1.47 bits per heavy atom. The second-order valence-corrected chi connectivity index (χ2v) is 4.66. The van der Waals surface area contributed by atoms with E-state index in [-0.39, 0.29) is 17.6 Å². The number of aromatic nitrogens is 1. The molecule has 1 aliphatic rings. The topological polar surface area (TPSA) is 74.6 Å². The van der Waals surface area contributed by atoms with Gasteiger partial charge in [-0.05, 0) is 19.9 Å². The van der Waals surface area contributed by atoms with E-state index in [1.807, 2.05) is 0 Å². The molecule has 19 heavy (non-hydrogen) atoms. The molecular formula is C13H15NO5. The summed E-state index contributed by atoms with van der Waals surface area (Å²) in [6.45, 7) is 3.16. The van der Waals surface area contributed by atoms with Crippen LogP contribution < -0.4 is 0 Å². The van der Waals surface area contributed by atoms with Crippen LogP contribution in [-0.4, -0.2) is 34.5 Å². The molecule has 0 N–H and O–H groups in total. The number of rotatable bonds is 3. The van der Waals surface area contributed by atoms with E-state index in [2.05, 4.69) is 0 Å². The number of ether oxygens (including phenoxy) is 2. The van der Waals surface area contributed by atoms with Crippen LogP contribution in [0.25, 0.3) is 0 Å². The first-order valence-corrected chi connectivity index (χ1v) is 5.97. The van der Waals surface area contributed by atoms with Crippen molar-refractivity contribution in [3.8, 4) is 0 Å². The zero-order chi connectivity index (χ0) is 14.2. The molecule has 0 bridgehead atoms. The van der Waals surface area contributed by atoms with Gasteiger partial charge in [0.15, 0.2) is 5.78 Å². The van der Waals surface area contributed by atoms with Gasteiger partial charge >= 0.3 is 11.9 Å². The van der Waals surface area contributed by atoms with Crippen molar-refractivity contribution in [1.29, 1.82) is 0 Å². The summed E-state index contributed by atoms with van der Waals surface area (Å²) < 4.78 is 11.5. The minimum absolute atomic E-state index is 0.136. The van der Waals surface area contributed by atoms with Gasteiger partial charge in [0.05, 0.1) is 0 Å². The minimum Gasteiger partial charge on any atom is -0.460 e. The average Bonchev–Trinajstić information content (AvgIpc) is 2.83. The van der Waals surface area contributed by atoms with E-state index in [0.717, 1.165) is 0 Å². The molecule has 1 aromatic rings. The number of hydrogen-bond donors (Lipinski definition) is 0. The molecule has 1 fully saturated rings. The third-order valence-electron chi connectivity index (χ3n) is 3.00. The maximum absolute atomic E-state index is 11.9. The van der Waals surface area contributed by atoms with Crippen LogP contribution in [-0.2, 0) is 21.3 Å². The number of Topliss-reactive ketones (excluding diaryl/α,β-unsaturated/α-hetero) is 1. The van der Waals surface area contributed by atoms with Gasteiger partial charge in [0.2, 0.25) is 6.10 Å². The second kappa shape index (κ2) is 4.87. The maximum Gasteiger partial charge on any atom is 0.355 e. The van der Waals surface area contributed by atoms with E-state index < -0.39 is 18.0 Å². The van der Waals surface area contributed by atoms with Crippen molar-refractivity contribution < 1.29 is 23.9 Å². The molecule has 2 unspecified atom stereocenters. The van der Waals surface area contributed by atoms with Gasteiger partial charge in [0.1, 0.15) is 11.8 Å². The molecule has 1 aliphatic heterocycles. The molecular weight excluding hydrogens is 250 g/mol. The smallest absolute Gasteiger partial charge is 0.355 e. The molecule has 6 nitrogen and oxygen atoms in total. The number of ketones is 1. The van der Waals surface area contributed by atoms with Crippen molar-refractivity contribution in [3.63, 3.8) is 0 Å². The average molecular weight is 265 g/mol. The standard InChI is InChI=1S/C13H15NO5/c1-7-4-11(13(17)18-7)19-12(16)10-5-9(8(2)15)6-14(10)3/h5-7,11H,4H2,1-3H3. The molecule has 102 valence electrons. The highest BCUT2D eigenvalue weighted by Gasteiger charge is 2.35. The third kappa shape index (κ3) is 2.67. The summed E-state index contributed by atoms with van der Waals surface area (Å²) in [6, 6.07) is 1.45. The van der Waals surface area contributed by atoms with E-state index in [1.165, 1.54) is 17.6 Å². The third-order valence-corrected chi connectivity index (χ3v) is 3.00. The van der Waals surface area contributed by atoms with E-state index in [0.29, 0.717) is 12.0 Å². The number of hydrogen-bond acceptors (Lipinski definition) is 5. The van der Waals surface area contributed by atoms with E-state index in [1.54, 1.807) is 20.2 Å². The molecule has 0 radical (unpaired) electrons. The van der Waals surface area contributed by atoms with Crippen LogP contribution in [0.1, 0.15) is 41.1 Å². The Hall–Kier alpha value is -2.11. The molecule has 0 saturated carbocycles. The lowest BCUT2D eigenvalue weighted by Gasteiger charge is -2.08. The summed E-state index contributed by atoms with van der Waals surface area (Å²) in [6.07, 6.45) is 0.799. The Bertz CT molecular complexity index is 545. The van der Waals surface area contributed by atoms with Crippen molar-refractivity contribution in [1.82, 2.24) is 4.57 Å². The molecule has 0 spiro atoms. The number of nitrogens with zero attached hydrogens (tertiary/aromatic N) is 1. The highest BCUT2D eigenvalue weighted by Crippen LogP contribution is 2.19. The van der Waals surface area contributed by atoms with E-state index in [9.17, 15) is 14.4 Å². The van der Waals surface area contributed by atoms with Gasteiger partial charge in [-0.1, -0.05) is 0 Å². The van der Waals surface area contributed by atoms with Gasteiger partial charge in [0, 0.05) is 25.2 Å². The fraction of sp³-hybridized carbons (Fsp3) is 0.462. The Morgan fingerprint density at radius 2 is 2.16 bits per heavy atom. The van der Waals surface area contributed by atoms with E-state index >= 15 is 0 Å². The van der Waals surface area contributed by atoms with Gasteiger partial charge < -0.3 is 14.0 Å². The van der Waals surface area contributed by atoms with Crippen LogP contribution in [0.5, 0.6) is 0 Å². The summed E-state index contributed by atoms with van der Waals surface area (Å²) >= 11 is 0. The summed E-state index contributed by atoms with van der Waals surface area (Å²) in [5, 5.41) is 0. The molecule has 0 aromatic carbocycles. The molecule has 6 heteroatoms. The largest absolute Gasteiger partial charge is 0.460 e. The van der Waals surface area contributed by atoms with Crippen molar-refractivity contribution in [2.45, 2.75) is 32.5 Å². The highest BCUT2D eigenvalue weighted by atomic mass is 16.6. The van der Waals surface area contributed by atoms with Crippen LogP contribution in [0.3, 0.4) is 0 Å². The SMILES string of the molecule is CC(=O)c1cc(C(=O)OC2CC(C)OC2=O)n(C)c1. The molecule has 2 heterocycles. The predicted molar refractivity (Wildman–Crippen MR) is 64.8 cm³/mol. The zero-order valence-corrected chi connectivity index (χ0v) is 11.0. The van der Waals surface area contributed by atoms with Crippen LogP contribution in [0.2, 0.25) is 0 Å². The first-order valence-electron chi connectivity index (χ1n) is 5.97. The minimum atomic E-state index is -0.863. The van der Waals surface area contributed by atoms with Crippen molar-refractivity contribution in [2.75, 3.05) is 0 Å². The van der Waals surface area contributed by atoms with Gasteiger partial charge in [-0.3, -0.25) is 4.79 Å². The first kappa shape index (κ1) is 13.3. The van der Waals surface area contributed by atoms with Crippen molar-refractivity contribution in [2.24, 2.45) is 7.05 Å². The Labute approximate surface area is 110 Å². The van der Waals surface area contributed by atoms with Crippen molar-refractivity contribution >= 4 is 17.7 Å². The number of esters is 2. The summed E-state index contributed by atoms with van der Waals surface area (Å²) in [5.41, 5.74) is 0.661. The quantitative estimate of drug-likeness (QED) is 0.604. The Morgan fingerprint density at radius 3 is 2.63 bits per heavy atom. The number of carbonyl (C=O) groups is 3. The summed E-state index contributed by atoms with van der Waals surface area (Å²) in [4.78, 5) is 34.6. The number of cyclic esters (lactones) is 1. The lowest BCUT2D eigenvalue weighted by molar-refractivity contribution is -0.147. The van der Waals surface area contributed by atoms with Gasteiger partial charge in [0.25, 0.3) is 0 Å². The van der Waals surface area contributed by atoms with Crippen LogP contribution >= 0.6 is 0 Å². The van der Waals surface area contributed by atoms with Crippen LogP contribution in [0, 0.1) is 0 Å². The van der Waals surface area contributed by atoms with Crippen molar-refractivity contribution in [3.05, 3.63) is 23.5 Å². The van der Waals surface area contributed by atoms with Crippen LogP contribution in [0.4, 0.5) is 0 Å².